The lowest BCUT2D eigenvalue weighted by atomic mass is 10.1. The van der Waals surface area contributed by atoms with Gasteiger partial charge in [0.25, 0.3) is 5.91 Å². The Bertz CT molecular complexity index is 1330. The number of amides is 1. The normalized spacial score (nSPS) is 11.9. The first-order valence-corrected chi connectivity index (χ1v) is 11.3. The Hall–Kier alpha value is -3.93. The number of nitrogens with zero attached hydrogens (tertiary/aromatic N) is 2. The number of ether oxygens (including phenoxy) is 1. The third-order valence-corrected chi connectivity index (χ3v) is 5.83. The maximum atomic E-state index is 14.2. The minimum Gasteiger partial charge on any atom is -0.497 e. The van der Waals surface area contributed by atoms with Crippen molar-refractivity contribution in [2.45, 2.75) is 17.5 Å². The van der Waals surface area contributed by atoms with Gasteiger partial charge in [-0.25, -0.2) is 0 Å². The molecule has 0 radical (unpaired) electrons. The molecule has 0 spiro atoms. The molecule has 0 aliphatic heterocycles. The Morgan fingerprint density at radius 3 is 2.37 bits per heavy atom. The molecule has 3 aromatic rings. The van der Waals surface area contributed by atoms with Crippen LogP contribution in [0.5, 0.6) is 11.5 Å². The summed E-state index contributed by atoms with van der Waals surface area (Å²) in [5.41, 5.74) is -0.538. The van der Waals surface area contributed by atoms with Crippen molar-refractivity contribution in [3.05, 3.63) is 89.5 Å². The second kappa shape index (κ2) is 10.6. The van der Waals surface area contributed by atoms with Gasteiger partial charge in [-0.2, -0.15) is 21.6 Å². The largest absolute Gasteiger partial charge is 0.497 e. The number of carbonyl (C=O) groups excluding carboxylic acids is 1. The van der Waals surface area contributed by atoms with E-state index in [1.807, 2.05) is 0 Å². The van der Waals surface area contributed by atoms with Crippen LogP contribution in [0.2, 0.25) is 0 Å². The summed E-state index contributed by atoms with van der Waals surface area (Å²) >= 11 is 0. The van der Waals surface area contributed by atoms with E-state index in [0.29, 0.717) is 23.4 Å². The summed E-state index contributed by atoms with van der Waals surface area (Å²) in [6.45, 7) is 0. The van der Waals surface area contributed by atoms with Crippen molar-refractivity contribution in [1.82, 2.24) is 5.23 Å². The molecule has 3 aromatic carbocycles. The molecular formula is C23H18F4N2O5S. The van der Waals surface area contributed by atoms with Crippen molar-refractivity contribution < 1.29 is 39.8 Å². The molecule has 3 rings (SSSR count). The zero-order valence-corrected chi connectivity index (χ0v) is 18.9. The van der Waals surface area contributed by atoms with Gasteiger partial charge in [-0.1, -0.05) is 34.0 Å². The molecule has 0 aromatic heterocycles. The second-order valence-electron chi connectivity index (χ2n) is 7.02. The first-order chi connectivity index (χ1) is 16.5. The summed E-state index contributed by atoms with van der Waals surface area (Å²) in [4.78, 5) is 11.6. The molecule has 7 nitrogen and oxygen atoms in total. The summed E-state index contributed by atoms with van der Waals surface area (Å²) in [7, 11) is -3.07. The highest BCUT2D eigenvalue weighted by atomic mass is 32.2. The van der Waals surface area contributed by atoms with E-state index in [9.17, 15) is 30.9 Å². The van der Waals surface area contributed by atoms with Crippen LogP contribution in [0.15, 0.2) is 82.8 Å². The molecule has 0 aliphatic carbocycles. The Morgan fingerprint density at radius 2 is 1.71 bits per heavy atom. The van der Waals surface area contributed by atoms with Gasteiger partial charge in [0.2, 0.25) is 0 Å². The highest BCUT2D eigenvalue weighted by molar-refractivity contribution is 7.87. The lowest BCUT2D eigenvalue weighted by Crippen LogP contribution is -2.19. The van der Waals surface area contributed by atoms with E-state index >= 15 is 0 Å². The topological polar surface area (TPSA) is 85.3 Å². The minimum absolute atomic E-state index is 0.000169. The number of alkyl halides is 3. The molecule has 0 saturated heterocycles. The lowest BCUT2D eigenvalue weighted by molar-refractivity contribution is -0.145. The van der Waals surface area contributed by atoms with Gasteiger partial charge >= 0.3 is 16.3 Å². The van der Waals surface area contributed by atoms with Crippen molar-refractivity contribution >= 4 is 22.2 Å². The third kappa shape index (κ3) is 6.79. The van der Waals surface area contributed by atoms with Gasteiger partial charge in [-0.05, 0) is 54.1 Å². The molecule has 0 unspecified atom stereocenters. The van der Waals surface area contributed by atoms with Crippen LogP contribution in [0.3, 0.4) is 0 Å². The van der Waals surface area contributed by atoms with E-state index in [1.54, 1.807) is 24.3 Å². The van der Waals surface area contributed by atoms with Crippen molar-refractivity contribution in [3.63, 3.8) is 0 Å². The summed E-state index contributed by atoms with van der Waals surface area (Å²) in [6.07, 6.45) is -4.07. The van der Waals surface area contributed by atoms with Gasteiger partial charge in [0.05, 0.1) is 25.3 Å². The molecule has 0 saturated carbocycles. The van der Waals surface area contributed by atoms with Crippen molar-refractivity contribution in [2.24, 2.45) is 5.10 Å². The Balaban J connectivity index is 1.74. The van der Waals surface area contributed by atoms with Gasteiger partial charge in [0.1, 0.15) is 10.6 Å². The monoisotopic (exact) mass is 510 g/mol. The van der Waals surface area contributed by atoms with E-state index in [2.05, 4.69) is 5.10 Å². The van der Waals surface area contributed by atoms with Crippen molar-refractivity contribution in [3.8, 4) is 11.5 Å². The first-order valence-electron chi connectivity index (χ1n) is 9.86. The number of hydrazone groups is 1. The van der Waals surface area contributed by atoms with Crippen molar-refractivity contribution in [1.29, 1.82) is 0 Å². The van der Waals surface area contributed by atoms with Crippen LogP contribution in [-0.2, 0) is 27.5 Å². The molecule has 35 heavy (non-hydrogen) atoms. The lowest BCUT2D eigenvalue weighted by Gasteiger charge is -2.11. The fourth-order valence-corrected chi connectivity index (χ4v) is 3.79. The molecule has 0 atom stereocenters. The number of hydrogen-bond acceptors (Lipinski definition) is 6. The fraction of sp³-hybridized carbons (Fsp3) is 0.130. The van der Waals surface area contributed by atoms with Gasteiger partial charge < -0.3 is 8.92 Å². The maximum Gasteiger partial charge on any atom is 0.416 e. The number of carbonyl (C=O) groups is 1. The van der Waals surface area contributed by atoms with Crippen LogP contribution in [0, 0.1) is 0 Å². The van der Waals surface area contributed by atoms with Gasteiger partial charge in [-0.3, -0.25) is 4.79 Å². The van der Waals surface area contributed by atoms with Crippen LogP contribution >= 0.6 is 0 Å². The predicted molar refractivity (Wildman–Crippen MR) is 118 cm³/mol. The molecule has 0 N–H and O–H groups in total. The predicted octanol–water partition coefficient (Wildman–Crippen LogP) is 4.77. The molecule has 0 bridgehead atoms. The molecule has 12 heteroatoms. The van der Waals surface area contributed by atoms with Gasteiger partial charge in [0.15, 0.2) is 5.75 Å². The highest BCUT2D eigenvalue weighted by Gasteiger charge is 2.31. The number of hydrogen-bond donors (Lipinski definition) is 0. The minimum atomic E-state index is -4.63. The average Bonchev–Trinajstić information content (AvgIpc) is 2.82. The second-order valence-corrected chi connectivity index (χ2v) is 8.57. The quantitative estimate of drug-likeness (QED) is 0.143. The smallest absolute Gasteiger partial charge is 0.416 e. The average molecular weight is 510 g/mol. The molecule has 184 valence electrons. The third-order valence-electron chi connectivity index (χ3n) is 4.58. The number of rotatable bonds is 8. The van der Waals surface area contributed by atoms with Crippen molar-refractivity contribution in [2.75, 3.05) is 7.11 Å². The molecule has 0 aliphatic rings. The van der Waals surface area contributed by atoms with Crippen LogP contribution in [0.4, 0.5) is 17.7 Å². The zero-order valence-electron chi connectivity index (χ0n) is 18.1. The van der Waals surface area contributed by atoms with E-state index in [-0.39, 0.29) is 17.7 Å². The van der Waals surface area contributed by atoms with Crippen LogP contribution in [-0.4, -0.2) is 32.9 Å². The number of benzene rings is 3. The van der Waals surface area contributed by atoms with Crippen LogP contribution in [0.1, 0.15) is 16.7 Å². The Labute approximate surface area is 198 Å². The highest BCUT2D eigenvalue weighted by Crippen LogP contribution is 2.30. The Morgan fingerprint density at radius 1 is 1.03 bits per heavy atom. The Kier molecular flexibility index (Phi) is 7.75. The standard InChI is InChI=1S/C23H18F4N2O5S/c1-33-19-7-4-5-16(13-19)14-22(30)29(27)28-15-17-6-2-3-8-21(17)34-35(31,32)20-11-9-18(10-12-20)23(24,25)26/h2-13,15H,14H2,1H3/b28-15+. The summed E-state index contributed by atoms with van der Waals surface area (Å²) in [5.74, 6) is -0.778. The number of para-hydroxylation sites is 1. The number of methoxy groups -OCH3 is 1. The first kappa shape index (κ1) is 25.7. The fourth-order valence-electron chi connectivity index (χ4n) is 2.84. The van der Waals surface area contributed by atoms with E-state index < -0.39 is 37.9 Å². The summed E-state index contributed by atoms with van der Waals surface area (Å²) in [5, 5.41) is 2.99. The van der Waals surface area contributed by atoms with Crippen LogP contribution in [0.25, 0.3) is 0 Å². The number of halogens is 4. The molecular weight excluding hydrogens is 492 g/mol. The van der Waals surface area contributed by atoms with Gasteiger partial charge in [0, 0.05) is 5.56 Å². The molecule has 1 amide bonds. The summed E-state index contributed by atoms with van der Waals surface area (Å²) in [6, 6.07) is 14.7. The van der Waals surface area contributed by atoms with Gasteiger partial charge in [-0.15, -0.1) is 5.10 Å². The van der Waals surface area contributed by atoms with E-state index in [0.717, 1.165) is 18.3 Å². The van der Waals surface area contributed by atoms with E-state index in [1.165, 1.54) is 31.4 Å². The molecule has 0 fully saturated rings. The summed E-state index contributed by atoms with van der Waals surface area (Å²) < 4.78 is 87.5. The maximum absolute atomic E-state index is 14.2. The zero-order chi connectivity index (χ0) is 25.6. The van der Waals surface area contributed by atoms with Crippen LogP contribution < -0.4 is 8.92 Å². The SMILES string of the molecule is COc1cccc(CC(=O)N(F)/N=C/c2ccccc2OS(=O)(=O)c2ccc(C(F)(F)F)cc2)c1. The van der Waals surface area contributed by atoms with E-state index in [4.69, 9.17) is 8.92 Å². The molecule has 0 heterocycles.